The van der Waals surface area contributed by atoms with Gasteiger partial charge in [-0.15, -0.1) is 0 Å². The van der Waals surface area contributed by atoms with Gasteiger partial charge in [-0.2, -0.15) is 0 Å². The van der Waals surface area contributed by atoms with Crippen molar-refractivity contribution in [2.24, 2.45) is 0 Å². The van der Waals surface area contributed by atoms with Gasteiger partial charge in [0.1, 0.15) is 5.15 Å². The average Bonchev–Trinajstić information content (AvgIpc) is 2.05. The van der Waals surface area contributed by atoms with Crippen LogP contribution in [0.5, 0.6) is 0 Å². The van der Waals surface area contributed by atoms with E-state index < -0.39 is 0 Å². The zero-order valence-corrected chi connectivity index (χ0v) is 7.06. The van der Waals surface area contributed by atoms with Crippen molar-refractivity contribution in [3.63, 3.8) is 0 Å². The third-order valence-electron chi connectivity index (χ3n) is 1.85. The van der Waals surface area contributed by atoms with Crippen molar-refractivity contribution in [1.29, 1.82) is 0 Å². The highest BCUT2D eigenvalue weighted by atomic mass is 35.5. The second-order valence-electron chi connectivity index (χ2n) is 2.71. The van der Waals surface area contributed by atoms with E-state index in [1.165, 1.54) is 0 Å². The van der Waals surface area contributed by atoms with Crippen LogP contribution in [-0.2, 0) is 11.2 Å². The van der Waals surface area contributed by atoms with Crippen molar-refractivity contribution >= 4 is 23.2 Å². The van der Waals surface area contributed by atoms with E-state index in [4.69, 9.17) is 11.6 Å². The number of anilines is 1. The predicted molar refractivity (Wildman–Crippen MR) is 46.2 cm³/mol. The molecule has 1 aliphatic rings. The van der Waals surface area contributed by atoms with Crippen molar-refractivity contribution in [3.8, 4) is 0 Å². The van der Waals surface area contributed by atoms with Crippen LogP contribution in [0.3, 0.4) is 0 Å². The molecule has 1 N–H and O–H groups in total. The maximum atomic E-state index is 10.9. The van der Waals surface area contributed by atoms with Gasteiger partial charge in [0.25, 0.3) is 0 Å². The molecule has 1 amide bonds. The number of aromatic nitrogens is 1. The first-order valence-corrected chi connectivity index (χ1v) is 4.08. The van der Waals surface area contributed by atoms with Gasteiger partial charge in [0.15, 0.2) is 0 Å². The monoisotopic (exact) mass is 182 g/mol. The molecule has 0 atom stereocenters. The Kier molecular flexibility index (Phi) is 1.73. The van der Waals surface area contributed by atoms with Crippen LogP contribution in [0.15, 0.2) is 12.3 Å². The Morgan fingerprint density at radius 3 is 3.17 bits per heavy atom. The summed E-state index contributed by atoms with van der Waals surface area (Å²) in [5, 5.41) is 3.20. The van der Waals surface area contributed by atoms with E-state index in [2.05, 4.69) is 10.3 Å². The van der Waals surface area contributed by atoms with E-state index in [1.54, 1.807) is 12.3 Å². The van der Waals surface area contributed by atoms with Gasteiger partial charge in [-0.1, -0.05) is 11.6 Å². The molecule has 1 aromatic heterocycles. The number of carbonyl (C=O) groups excluding carboxylic acids is 1. The molecular weight excluding hydrogens is 176 g/mol. The number of pyridine rings is 1. The van der Waals surface area contributed by atoms with Crippen molar-refractivity contribution in [3.05, 3.63) is 23.0 Å². The van der Waals surface area contributed by atoms with Gasteiger partial charge < -0.3 is 5.32 Å². The fourth-order valence-corrected chi connectivity index (χ4v) is 1.43. The normalized spacial score (nSPS) is 15.2. The lowest BCUT2D eigenvalue weighted by molar-refractivity contribution is -0.116. The zero-order chi connectivity index (χ0) is 8.55. The zero-order valence-electron chi connectivity index (χ0n) is 6.30. The van der Waals surface area contributed by atoms with Crippen LogP contribution in [-0.4, -0.2) is 10.9 Å². The number of fused-ring (bicyclic) bond motifs is 1. The summed E-state index contributed by atoms with van der Waals surface area (Å²) in [5.74, 6) is 0.0478. The fourth-order valence-electron chi connectivity index (χ4n) is 1.25. The summed E-state index contributed by atoms with van der Waals surface area (Å²) < 4.78 is 0. The van der Waals surface area contributed by atoms with Gasteiger partial charge in [0, 0.05) is 6.42 Å². The molecule has 0 saturated heterocycles. The molecule has 12 heavy (non-hydrogen) atoms. The minimum atomic E-state index is 0.0478. The maximum Gasteiger partial charge on any atom is 0.224 e. The van der Waals surface area contributed by atoms with Gasteiger partial charge >= 0.3 is 0 Å². The molecule has 1 aliphatic heterocycles. The number of carbonyl (C=O) groups is 1. The minimum Gasteiger partial charge on any atom is -0.324 e. The second kappa shape index (κ2) is 2.75. The van der Waals surface area contributed by atoms with Gasteiger partial charge in [-0.25, -0.2) is 4.98 Å². The van der Waals surface area contributed by atoms with E-state index in [-0.39, 0.29) is 5.91 Å². The maximum absolute atomic E-state index is 10.9. The number of amides is 1. The van der Waals surface area contributed by atoms with Crippen LogP contribution in [0.4, 0.5) is 5.69 Å². The Balaban J connectivity index is 2.43. The lowest BCUT2D eigenvalue weighted by Crippen LogP contribution is -2.18. The smallest absolute Gasteiger partial charge is 0.224 e. The first-order valence-electron chi connectivity index (χ1n) is 3.70. The molecule has 3 nitrogen and oxygen atoms in total. The Morgan fingerprint density at radius 1 is 1.50 bits per heavy atom. The van der Waals surface area contributed by atoms with Crippen molar-refractivity contribution < 1.29 is 4.79 Å². The summed E-state index contributed by atoms with van der Waals surface area (Å²) in [4.78, 5) is 14.8. The van der Waals surface area contributed by atoms with E-state index >= 15 is 0 Å². The van der Waals surface area contributed by atoms with Crippen LogP contribution >= 0.6 is 11.6 Å². The molecule has 1 aromatic rings. The fraction of sp³-hybridized carbons (Fsp3) is 0.250. The minimum absolute atomic E-state index is 0.0478. The summed E-state index contributed by atoms with van der Waals surface area (Å²) >= 11 is 5.69. The lowest BCUT2D eigenvalue weighted by atomic mass is 10.1. The number of nitrogens with one attached hydrogen (secondary N) is 1. The predicted octanol–water partition coefficient (Wildman–Crippen LogP) is 1.62. The van der Waals surface area contributed by atoms with Crippen LogP contribution in [0.2, 0.25) is 5.15 Å². The van der Waals surface area contributed by atoms with Gasteiger partial charge in [0.2, 0.25) is 5.91 Å². The van der Waals surface area contributed by atoms with Crippen LogP contribution in [0.1, 0.15) is 12.0 Å². The van der Waals surface area contributed by atoms with Crippen molar-refractivity contribution in [2.45, 2.75) is 12.8 Å². The quantitative estimate of drug-likeness (QED) is 0.620. The van der Waals surface area contributed by atoms with Crippen LogP contribution in [0, 0.1) is 0 Å². The van der Waals surface area contributed by atoms with Gasteiger partial charge in [0.05, 0.1) is 11.9 Å². The molecule has 0 fully saturated rings. The number of hydrogen-bond acceptors (Lipinski definition) is 2. The highest BCUT2D eigenvalue weighted by molar-refractivity contribution is 6.29. The van der Waals surface area contributed by atoms with E-state index in [0.29, 0.717) is 11.6 Å². The highest BCUT2D eigenvalue weighted by Crippen LogP contribution is 2.23. The third-order valence-corrected chi connectivity index (χ3v) is 2.06. The molecule has 0 bridgehead atoms. The Morgan fingerprint density at radius 2 is 2.33 bits per heavy atom. The summed E-state index contributed by atoms with van der Waals surface area (Å²) in [6.07, 6.45) is 2.88. The lowest BCUT2D eigenvalue weighted by Gasteiger charge is -2.15. The Labute approximate surface area is 74.8 Å². The molecule has 62 valence electrons. The first-order chi connectivity index (χ1) is 5.75. The summed E-state index contributed by atoms with van der Waals surface area (Å²) in [7, 11) is 0. The molecule has 0 unspecified atom stereocenters. The standard InChI is InChI=1S/C8H7ClN2O/c9-7-3-5-1-2-8(12)11-6(5)4-10-7/h3-4H,1-2H2,(H,11,12). The Hall–Kier alpha value is -1.09. The van der Waals surface area contributed by atoms with Gasteiger partial charge in [-0.05, 0) is 18.1 Å². The first kappa shape index (κ1) is 7.55. The largest absolute Gasteiger partial charge is 0.324 e. The molecule has 2 rings (SSSR count). The number of hydrogen-bond donors (Lipinski definition) is 1. The number of nitrogens with zero attached hydrogens (tertiary/aromatic N) is 1. The van der Waals surface area contributed by atoms with Crippen LogP contribution in [0.25, 0.3) is 0 Å². The van der Waals surface area contributed by atoms with E-state index in [9.17, 15) is 4.79 Å². The molecular formula is C8H7ClN2O. The topological polar surface area (TPSA) is 42.0 Å². The average molecular weight is 183 g/mol. The number of halogens is 1. The van der Waals surface area contributed by atoms with Crippen LogP contribution < -0.4 is 5.32 Å². The number of aryl methyl sites for hydroxylation is 1. The van der Waals surface area contributed by atoms with Crippen molar-refractivity contribution in [1.82, 2.24) is 4.98 Å². The second-order valence-corrected chi connectivity index (χ2v) is 3.10. The van der Waals surface area contributed by atoms with E-state index in [1.807, 2.05) is 0 Å². The highest BCUT2D eigenvalue weighted by Gasteiger charge is 2.14. The molecule has 0 aromatic carbocycles. The van der Waals surface area contributed by atoms with E-state index in [0.717, 1.165) is 17.7 Å². The summed E-state index contributed by atoms with van der Waals surface area (Å²) in [6, 6.07) is 1.79. The molecule has 0 aliphatic carbocycles. The third kappa shape index (κ3) is 1.28. The molecule has 2 heterocycles. The van der Waals surface area contributed by atoms with Gasteiger partial charge in [-0.3, -0.25) is 4.79 Å². The molecule has 0 radical (unpaired) electrons. The van der Waals surface area contributed by atoms with Crippen molar-refractivity contribution in [2.75, 3.05) is 5.32 Å². The summed E-state index contributed by atoms with van der Waals surface area (Å²) in [5.41, 5.74) is 1.85. The number of rotatable bonds is 0. The summed E-state index contributed by atoms with van der Waals surface area (Å²) in [6.45, 7) is 0. The molecule has 0 saturated carbocycles. The molecule has 4 heteroatoms. The SMILES string of the molecule is O=C1CCc2cc(Cl)ncc2N1. The molecule has 0 spiro atoms. The Bertz CT molecular complexity index is 338.